The summed E-state index contributed by atoms with van der Waals surface area (Å²) in [7, 11) is -3.73. The molecule has 0 amide bonds. The van der Waals surface area contributed by atoms with Gasteiger partial charge in [0.2, 0.25) is 9.84 Å². The van der Waals surface area contributed by atoms with Crippen LogP contribution in [0, 0.1) is 0 Å². The minimum absolute atomic E-state index is 0.0535. The largest absolute Gasteiger partial charge is 0.353 e. The molecule has 0 saturated carbocycles. The number of anilines is 2. The maximum atomic E-state index is 12.6. The lowest BCUT2D eigenvalue weighted by Crippen LogP contribution is -2.14. The van der Waals surface area contributed by atoms with Crippen LogP contribution in [0.2, 0.25) is 20.1 Å². The van der Waals surface area contributed by atoms with E-state index in [-0.39, 0.29) is 29.9 Å². The van der Waals surface area contributed by atoms with E-state index in [1.807, 2.05) is 0 Å². The van der Waals surface area contributed by atoms with E-state index in [1.165, 1.54) is 24.3 Å². The number of hydrogen-bond donors (Lipinski definition) is 1. The molecule has 0 unspecified atom stereocenters. The molecule has 0 saturated heterocycles. The van der Waals surface area contributed by atoms with Crippen molar-refractivity contribution in [3.05, 3.63) is 44.4 Å². The fraction of sp³-hybridized carbons (Fsp3) is 0. The number of sulfone groups is 1. The van der Waals surface area contributed by atoms with Gasteiger partial charge in [-0.2, -0.15) is 0 Å². The maximum Gasteiger partial charge on any atom is 0.210 e. The highest BCUT2D eigenvalue weighted by molar-refractivity contribution is 7.92. The molecular weight excluding hydrogens is 364 g/mol. The summed E-state index contributed by atoms with van der Waals surface area (Å²) in [6, 6.07) is 5.55. The van der Waals surface area contributed by atoms with Gasteiger partial charge in [0.05, 0.1) is 41.3 Å². The van der Waals surface area contributed by atoms with Gasteiger partial charge >= 0.3 is 0 Å². The second-order valence-corrected chi connectivity index (χ2v) is 7.67. The normalized spacial score (nSPS) is 15.2. The van der Waals surface area contributed by atoms with Crippen molar-refractivity contribution in [3.63, 3.8) is 0 Å². The van der Waals surface area contributed by atoms with Crippen LogP contribution in [0.4, 0.5) is 11.4 Å². The summed E-state index contributed by atoms with van der Waals surface area (Å²) >= 11 is 23.6. The Morgan fingerprint density at radius 1 is 0.700 bits per heavy atom. The average molecular weight is 369 g/mol. The zero-order valence-electron chi connectivity index (χ0n) is 9.55. The minimum Gasteiger partial charge on any atom is -0.353 e. The Kier molecular flexibility index (Phi) is 3.35. The molecule has 3 rings (SSSR count). The van der Waals surface area contributed by atoms with Crippen LogP contribution in [0.1, 0.15) is 0 Å². The summed E-state index contributed by atoms with van der Waals surface area (Å²) in [6.45, 7) is 0. The minimum atomic E-state index is -3.73. The Morgan fingerprint density at radius 2 is 1.05 bits per heavy atom. The van der Waals surface area contributed by atoms with Crippen LogP contribution in [0.5, 0.6) is 0 Å². The van der Waals surface area contributed by atoms with Crippen LogP contribution < -0.4 is 5.32 Å². The molecule has 1 aliphatic heterocycles. The Balaban J connectivity index is 2.35. The van der Waals surface area contributed by atoms with Gasteiger partial charge in [-0.3, -0.25) is 0 Å². The van der Waals surface area contributed by atoms with Crippen LogP contribution in [0.15, 0.2) is 34.1 Å². The molecule has 0 spiro atoms. The van der Waals surface area contributed by atoms with Gasteiger partial charge in [-0.1, -0.05) is 46.4 Å². The smallest absolute Gasteiger partial charge is 0.210 e. The van der Waals surface area contributed by atoms with Crippen LogP contribution in [-0.4, -0.2) is 8.42 Å². The van der Waals surface area contributed by atoms with Crippen LogP contribution >= 0.6 is 46.4 Å². The van der Waals surface area contributed by atoms with Gasteiger partial charge in [0.15, 0.2) is 0 Å². The quantitative estimate of drug-likeness (QED) is 0.593. The molecule has 2 aromatic rings. The van der Waals surface area contributed by atoms with Crippen molar-refractivity contribution >= 4 is 67.6 Å². The highest BCUT2D eigenvalue weighted by Gasteiger charge is 2.31. The third-order valence-corrected chi connectivity index (χ3v) is 6.17. The summed E-state index contributed by atoms with van der Waals surface area (Å²) in [6.07, 6.45) is 0. The lowest BCUT2D eigenvalue weighted by atomic mass is 10.2. The summed E-state index contributed by atoms with van der Waals surface area (Å²) < 4.78 is 25.2. The van der Waals surface area contributed by atoms with Gasteiger partial charge in [-0.05, 0) is 24.3 Å². The highest BCUT2D eigenvalue weighted by atomic mass is 35.5. The second kappa shape index (κ2) is 4.68. The zero-order chi connectivity index (χ0) is 14.7. The molecule has 8 heteroatoms. The molecule has 0 fully saturated rings. The molecule has 1 N–H and O–H groups in total. The van der Waals surface area contributed by atoms with E-state index in [4.69, 9.17) is 46.4 Å². The first-order valence-corrected chi connectivity index (χ1v) is 8.30. The van der Waals surface area contributed by atoms with E-state index >= 15 is 0 Å². The molecule has 2 aromatic carbocycles. The van der Waals surface area contributed by atoms with Crippen molar-refractivity contribution < 1.29 is 8.42 Å². The third kappa shape index (κ3) is 2.07. The molecule has 0 bridgehead atoms. The van der Waals surface area contributed by atoms with Crippen LogP contribution in [-0.2, 0) is 9.84 Å². The topological polar surface area (TPSA) is 46.2 Å². The van der Waals surface area contributed by atoms with Crippen molar-refractivity contribution in [2.24, 2.45) is 0 Å². The first-order valence-electron chi connectivity index (χ1n) is 5.31. The lowest BCUT2D eigenvalue weighted by Gasteiger charge is -2.22. The summed E-state index contributed by atoms with van der Waals surface area (Å²) in [5.41, 5.74) is 0.704. The fourth-order valence-corrected chi connectivity index (χ4v) is 4.33. The Hall–Kier alpha value is -0.650. The molecule has 20 heavy (non-hydrogen) atoms. The molecule has 3 nitrogen and oxygen atoms in total. The van der Waals surface area contributed by atoms with E-state index in [0.29, 0.717) is 11.4 Å². The number of benzene rings is 2. The van der Waals surface area contributed by atoms with Crippen LogP contribution in [0.25, 0.3) is 0 Å². The fourth-order valence-electron chi connectivity index (χ4n) is 1.96. The summed E-state index contributed by atoms with van der Waals surface area (Å²) in [5, 5.41) is 3.82. The van der Waals surface area contributed by atoms with Crippen molar-refractivity contribution in [2.45, 2.75) is 9.79 Å². The number of halogens is 4. The second-order valence-electron chi connectivity index (χ2n) is 4.15. The van der Waals surface area contributed by atoms with Crippen molar-refractivity contribution in [2.75, 3.05) is 5.32 Å². The van der Waals surface area contributed by atoms with Crippen molar-refractivity contribution in [3.8, 4) is 0 Å². The maximum absolute atomic E-state index is 12.6. The molecule has 0 atom stereocenters. The number of hydrogen-bond acceptors (Lipinski definition) is 3. The zero-order valence-corrected chi connectivity index (χ0v) is 13.4. The van der Waals surface area contributed by atoms with Gasteiger partial charge in [0, 0.05) is 0 Å². The summed E-state index contributed by atoms with van der Waals surface area (Å²) in [4.78, 5) is 0.107. The molecule has 104 valence electrons. The predicted molar refractivity (Wildman–Crippen MR) is 81.7 cm³/mol. The molecule has 0 aromatic heterocycles. The molecule has 0 aliphatic carbocycles. The number of nitrogens with one attached hydrogen (secondary N) is 1. The van der Waals surface area contributed by atoms with E-state index in [0.717, 1.165) is 0 Å². The first kappa shape index (κ1) is 14.3. The Bertz CT molecular complexity index is 786. The monoisotopic (exact) mass is 367 g/mol. The van der Waals surface area contributed by atoms with E-state index < -0.39 is 9.84 Å². The Labute approximate surface area is 135 Å². The number of fused-ring (bicyclic) bond motifs is 2. The first-order chi connectivity index (χ1) is 9.30. The van der Waals surface area contributed by atoms with Gasteiger partial charge < -0.3 is 5.32 Å². The molecule has 0 radical (unpaired) electrons. The third-order valence-electron chi connectivity index (χ3n) is 2.89. The van der Waals surface area contributed by atoms with Gasteiger partial charge in [-0.25, -0.2) is 8.42 Å². The van der Waals surface area contributed by atoms with Crippen molar-refractivity contribution in [1.82, 2.24) is 0 Å². The average Bonchev–Trinajstić information content (AvgIpc) is 2.35. The standard InChI is InChI=1S/C12H5Cl4NO2S/c13-5-1-9-11(3-7(5)15)20(18,19)12-4-8(16)6(14)2-10(12)17-9/h1-4,17H. The molecule has 1 heterocycles. The van der Waals surface area contributed by atoms with E-state index in [2.05, 4.69) is 5.32 Å². The molecule has 1 aliphatic rings. The molecular formula is C12H5Cl4NO2S. The SMILES string of the molecule is O=S1(=O)c2cc(Cl)c(Cl)cc2Nc2cc(Cl)c(Cl)cc21. The van der Waals surface area contributed by atoms with Gasteiger partial charge in [0.25, 0.3) is 0 Å². The van der Waals surface area contributed by atoms with Gasteiger partial charge in [-0.15, -0.1) is 0 Å². The van der Waals surface area contributed by atoms with Crippen molar-refractivity contribution in [1.29, 1.82) is 0 Å². The van der Waals surface area contributed by atoms with E-state index in [1.54, 1.807) is 0 Å². The Morgan fingerprint density at radius 3 is 1.45 bits per heavy atom. The van der Waals surface area contributed by atoms with E-state index in [9.17, 15) is 8.42 Å². The van der Waals surface area contributed by atoms with Gasteiger partial charge in [0.1, 0.15) is 0 Å². The highest BCUT2D eigenvalue weighted by Crippen LogP contribution is 2.44. The number of rotatable bonds is 0. The summed E-state index contributed by atoms with van der Waals surface area (Å²) in [5.74, 6) is 0. The van der Waals surface area contributed by atoms with Crippen LogP contribution in [0.3, 0.4) is 0 Å². The predicted octanol–water partition coefficient (Wildman–Crippen LogP) is 5.19. The lowest BCUT2D eigenvalue weighted by molar-refractivity contribution is 0.596.